The van der Waals surface area contributed by atoms with Crippen LogP contribution in [0.5, 0.6) is 0 Å². The summed E-state index contributed by atoms with van der Waals surface area (Å²) in [7, 11) is 0. The van der Waals surface area contributed by atoms with Crippen LogP contribution >= 0.6 is 11.3 Å². The number of carbonyl (C=O) groups is 6. The topological polar surface area (TPSA) is 210 Å². The number of thiazole rings is 1. The van der Waals surface area contributed by atoms with E-state index >= 15 is 0 Å². The Morgan fingerprint density at radius 3 is 2.30 bits per heavy atom. The van der Waals surface area contributed by atoms with Gasteiger partial charge in [-0.3, -0.25) is 33.8 Å². The predicted octanol–water partition coefficient (Wildman–Crippen LogP) is 4.61. The molecular formula is C52H66N10O7S. The van der Waals surface area contributed by atoms with Crippen molar-refractivity contribution in [1.29, 1.82) is 0 Å². The van der Waals surface area contributed by atoms with Crippen molar-refractivity contribution in [3.63, 3.8) is 0 Å². The van der Waals surface area contributed by atoms with Crippen LogP contribution in [-0.2, 0) is 30.5 Å². The molecule has 3 aliphatic rings. The largest absolute Gasteiger partial charge is 0.391 e. The van der Waals surface area contributed by atoms with Gasteiger partial charge in [-0.25, -0.2) is 9.97 Å². The Bertz CT molecular complexity index is 2460. The number of piperidine rings is 1. The molecule has 0 spiro atoms. The third-order valence-corrected chi connectivity index (χ3v) is 14.3. The van der Waals surface area contributed by atoms with Crippen LogP contribution < -0.4 is 20.9 Å². The summed E-state index contributed by atoms with van der Waals surface area (Å²) in [6.07, 6.45) is 11.8. The number of likely N-dealkylation sites (tertiary alicyclic amines) is 2. The number of piperazine rings is 1. The van der Waals surface area contributed by atoms with Gasteiger partial charge in [0.15, 0.2) is 0 Å². The number of aromatic nitrogens is 3. The first-order valence-electron chi connectivity index (χ1n) is 24.3. The van der Waals surface area contributed by atoms with Gasteiger partial charge in [0.05, 0.1) is 27.7 Å². The highest BCUT2D eigenvalue weighted by atomic mass is 32.1. The molecule has 1 aromatic carbocycles. The molecule has 0 unspecified atom stereocenters. The van der Waals surface area contributed by atoms with E-state index in [1.807, 2.05) is 59.2 Å². The van der Waals surface area contributed by atoms with E-state index in [-0.39, 0.29) is 37.2 Å². The van der Waals surface area contributed by atoms with E-state index < -0.39 is 47.7 Å². The Hall–Kier alpha value is -6.53. The number of β-amino-alcohol motifs (C(OH)–C–C–N with tert-alkyl or cyclic N) is 1. The van der Waals surface area contributed by atoms with Crippen LogP contribution in [-0.4, -0.2) is 141 Å². The Morgan fingerprint density at radius 2 is 1.64 bits per heavy atom. The molecule has 3 fully saturated rings. The molecule has 17 nitrogen and oxygen atoms in total. The van der Waals surface area contributed by atoms with E-state index in [0.29, 0.717) is 63.1 Å². The van der Waals surface area contributed by atoms with E-state index in [0.717, 1.165) is 59.4 Å². The van der Waals surface area contributed by atoms with E-state index in [1.54, 1.807) is 73.3 Å². The summed E-state index contributed by atoms with van der Waals surface area (Å²) in [5, 5.41) is 19.3. The highest BCUT2D eigenvalue weighted by Gasteiger charge is 2.44. The minimum absolute atomic E-state index is 0.0387. The van der Waals surface area contributed by atoms with E-state index in [9.17, 15) is 33.9 Å². The second-order valence-corrected chi connectivity index (χ2v) is 20.4. The lowest BCUT2D eigenvalue weighted by molar-refractivity contribution is -0.145. The number of rotatable bonds is 17. The third kappa shape index (κ3) is 13.8. The molecular weight excluding hydrogens is 909 g/mol. The first kappa shape index (κ1) is 51.3. The molecule has 18 heteroatoms. The Balaban J connectivity index is 0.808. The first-order chi connectivity index (χ1) is 33.6. The van der Waals surface area contributed by atoms with Crippen LogP contribution in [0.25, 0.3) is 16.5 Å². The average molecular weight is 975 g/mol. The summed E-state index contributed by atoms with van der Waals surface area (Å²) in [6.45, 7) is 11.2. The zero-order chi connectivity index (χ0) is 49.8. The van der Waals surface area contributed by atoms with Gasteiger partial charge in [-0.2, -0.15) is 0 Å². The molecule has 3 aliphatic heterocycles. The molecule has 7 rings (SSSR count). The smallest absolute Gasteiger partial charge is 0.255 e. The molecule has 6 amide bonds. The monoisotopic (exact) mass is 974 g/mol. The van der Waals surface area contributed by atoms with Crippen LogP contribution in [0.15, 0.2) is 78.7 Å². The Kier molecular flexibility index (Phi) is 17.5. The molecule has 3 saturated heterocycles. The van der Waals surface area contributed by atoms with Gasteiger partial charge in [0.1, 0.15) is 24.3 Å². The fourth-order valence-corrected chi connectivity index (χ4v) is 10.0. The molecule has 6 heterocycles. The van der Waals surface area contributed by atoms with Crippen LogP contribution in [0, 0.1) is 18.3 Å². The number of aryl methyl sites for hydroxylation is 1. The summed E-state index contributed by atoms with van der Waals surface area (Å²) in [4.78, 5) is 101. The number of pyridine rings is 2. The Labute approximate surface area is 414 Å². The molecule has 3 atom stereocenters. The molecule has 70 heavy (non-hydrogen) atoms. The number of anilines is 1. The highest BCUT2D eigenvalue weighted by molar-refractivity contribution is 7.13. The lowest BCUT2D eigenvalue weighted by atomic mass is 9.85. The van der Waals surface area contributed by atoms with Crippen LogP contribution in [0.4, 0.5) is 5.82 Å². The van der Waals surface area contributed by atoms with Gasteiger partial charge in [-0.1, -0.05) is 63.9 Å². The number of nitrogens with zero attached hydrogens (tertiary/aromatic N) is 7. The molecule has 0 radical (unpaired) electrons. The van der Waals surface area contributed by atoms with Crippen molar-refractivity contribution >= 4 is 58.7 Å². The van der Waals surface area contributed by atoms with Crippen molar-refractivity contribution in [1.82, 2.24) is 45.6 Å². The lowest BCUT2D eigenvalue weighted by Crippen LogP contribution is -2.58. The SMILES string of the molecule is Cc1ncsc1-c1ccc(CNC(=O)[C@@H]2C[C@@H](O)CN2C(=O)[C@@H](NC(=O)CC(=O)N2CCN(c3ccc(C(=O)N4CCC(CCCCNC(=O)/C=C/c5cccnc5)CC4)cn3)CC2)C(C)(C)C)cc1. The van der Waals surface area contributed by atoms with Gasteiger partial charge in [0.25, 0.3) is 5.91 Å². The number of unbranched alkanes of at least 4 members (excludes halogenated alkanes) is 1. The Morgan fingerprint density at radius 1 is 0.886 bits per heavy atom. The average Bonchev–Trinajstić information content (AvgIpc) is 3.99. The summed E-state index contributed by atoms with van der Waals surface area (Å²) >= 11 is 1.56. The minimum Gasteiger partial charge on any atom is -0.391 e. The normalized spacial score (nSPS) is 18.2. The van der Waals surface area contributed by atoms with Crippen LogP contribution in [0.2, 0.25) is 0 Å². The molecule has 372 valence electrons. The number of hydrogen-bond donors (Lipinski definition) is 4. The van der Waals surface area contributed by atoms with Crippen molar-refractivity contribution in [3.05, 3.63) is 101 Å². The summed E-state index contributed by atoms with van der Waals surface area (Å²) in [5.74, 6) is -0.785. The maximum atomic E-state index is 14.1. The summed E-state index contributed by atoms with van der Waals surface area (Å²) in [5.41, 5.74) is 5.30. The molecule has 3 aromatic heterocycles. The van der Waals surface area contributed by atoms with Crippen LogP contribution in [0.3, 0.4) is 0 Å². The number of aliphatic hydroxyl groups excluding tert-OH is 1. The first-order valence-corrected chi connectivity index (χ1v) is 25.2. The quantitative estimate of drug-likeness (QED) is 0.0653. The second-order valence-electron chi connectivity index (χ2n) is 19.5. The van der Waals surface area contributed by atoms with Crippen molar-refractivity contribution in [2.24, 2.45) is 11.3 Å². The zero-order valence-corrected chi connectivity index (χ0v) is 41.5. The maximum Gasteiger partial charge on any atom is 0.255 e. The number of amides is 6. The molecule has 0 bridgehead atoms. The van der Waals surface area contributed by atoms with Crippen molar-refractivity contribution < 1.29 is 33.9 Å². The van der Waals surface area contributed by atoms with E-state index in [4.69, 9.17) is 0 Å². The maximum absolute atomic E-state index is 14.1. The zero-order valence-electron chi connectivity index (χ0n) is 40.6. The van der Waals surface area contributed by atoms with Gasteiger partial charge >= 0.3 is 0 Å². The predicted molar refractivity (Wildman–Crippen MR) is 268 cm³/mol. The fraction of sp³-hybridized carbons (Fsp3) is 0.481. The lowest BCUT2D eigenvalue weighted by Gasteiger charge is -2.36. The van der Waals surface area contributed by atoms with Gasteiger partial charge in [0.2, 0.25) is 29.5 Å². The highest BCUT2D eigenvalue weighted by Crippen LogP contribution is 2.29. The number of benzene rings is 1. The standard InChI is InChI=1S/C52H66N10O7S/c1-35-47(70-34-57-35)39-13-10-38(11-14-39)31-56-49(67)42-28-41(63)33-62(42)51(69)48(52(2,3)4)58-45(65)29-46(66)60-26-24-59(25-27-60)43-16-15-40(32-55-43)50(68)61-22-18-36(19-23-61)8-5-6-21-54-44(64)17-12-37-9-7-20-53-30-37/h7,9-17,20,30,32,34,36,41-42,48,63H,5-6,8,18-19,21-29,31,33H2,1-4H3,(H,54,64)(H,56,67)(H,58,65)/b17-12+/t41-,42+,48-/m1/s1. The number of aliphatic hydroxyl groups is 1. The number of nitrogens with one attached hydrogen (secondary N) is 3. The van der Waals surface area contributed by atoms with E-state index in [2.05, 4.69) is 30.9 Å². The van der Waals surface area contributed by atoms with E-state index in [1.165, 1.54) is 11.0 Å². The summed E-state index contributed by atoms with van der Waals surface area (Å²) in [6, 6.07) is 13.2. The van der Waals surface area contributed by atoms with Gasteiger partial charge < -0.3 is 40.7 Å². The molecule has 0 aliphatic carbocycles. The van der Waals surface area contributed by atoms with Gasteiger partial charge in [0, 0.05) is 90.0 Å². The number of carbonyl (C=O) groups excluding carboxylic acids is 6. The number of hydrogen-bond acceptors (Lipinski definition) is 12. The van der Waals surface area contributed by atoms with Gasteiger partial charge in [-0.05, 0) is 78.5 Å². The van der Waals surface area contributed by atoms with Crippen molar-refractivity contribution in [3.8, 4) is 10.4 Å². The molecule has 0 saturated carbocycles. The minimum atomic E-state index is -1.06. The van der Waals surface area contributed by atoms with Crippen molar-refractivity contribution in [2.45, 2.75) is 97.4 Å². The third-order valence-electron chi connectivity index (χ3n) is 13.3. The summed E-state index contributed by atoms with van der Waals surface area (Å²) < 4.78 is 0. The molecule has 4 N–H and O–H groups in total. The van der Waals surface area contributed by atoms with Gasteiger partial charge in [-0.15, -0.1) is 11.3 Å². The van der Waals surface area contributed by atoms with Crippen LogP contribution in [0.1, 0.15) is 92.9 Å². The molecule has 4 aromatic rings. The fourth-order valence-electron chi connectivity index (χ4n) is 9.21. The second kappa shape index (κ2) is 23.9. The van der Waals surface area contributed by atoms with Crippen molar-refractivity contribution in [2.75, 3.05) is 57.3 Å².